The maximum atomic E-state index is 13.0. The zero-order chi connectivity index (χ0) is 25.3. The number of carbonyl (C=O) groups excluding carboxylic acids is 2. The Labute approximate surface area is 204 Å². The van der Waals surface area contributed by atoms with E-state index in [1.54, 1.807) is 6.92 Å². The van der Waals surface area contributed by atoms with E-state index >= 15 is 0 Å². The summed E-state index contributed by atoms with van der Waals surface area (Å²) in [6, 6.07) is 2.57. The SMILES string of the molecule is CCOC(=O)c1c(NC(=O)Cn2cnc3cc(NC)c([N+](=O)[O-])cc3c2=O)sc2c1CC[C@H](C)C2. The molecular weight excluding hydrogens is 474 g/mol. The highest BCUT2D eigenvalue weighted by Crippen LogP contribution is 2.40. The molecule has 3 aromatic rings. The number of nitrogens with zero attached hydrogens (tertiary/aromatic N) is 3. The Morgan fingerprint density at radius 1 is 1.37 bits per heavy atom. The zero-order valence-electron chi connectivity index (χ0n) is 19.5. The van der Waals surface area contributed by atoms with E-state index in [2.05, 4.69) is 22.5 Å². The molecule has 0 fully saturated rings. The summed E-state index contributed by atoms with van der Waals surface area (Å²) in [5, 5.41) is 17.3. The molecular formula is C23H25N5O6S. The third-order valence-corrected chi connectivity index (χ3v) is 7.14. The summed E-state index contributed by atoms with van der Waals surface area (Å²) in [4.78, 5) is 54.6. The minimum absolute atomic E-state index is 0.0267. The third-order valence-electron chi connectivity index (χ3n) is 5.97. The van der Waals surface area contributed by atoms with E-state index in [1.165, 1.54) is 30.8 Å². The number of nitro groups is 1. The normalized spacial score (nSPS) is 14.9. The van der Waals surface area contributed by atoms with E-state index in [1.807, 2.05) is 0 Å². The van der Waals surface area contributed by atoms with Crippen molar-refractivity contribution in [3.63, 3.8) is 0 Å². The summed E-state index contributed by atoms with van der Waals surface area (Å²) in [5.41, 5.74) is 0.948. The average molecular weight is 500 g/mol. The van der Waals surface area contributed by atoms with Gasteiger partial charge in [-0.25, -0.2) is 9.78 Å². The number of aromatic nitrogens is 2. The molecule has 0 radical (unpaired) electrons. The Hall–Kier alpha value is -3.80. The van der Waals surface area contributed by atoms with Crippen LogP contribution in [0, 0.1) is 16.0 Å². The van der Waals surface area contributed by atoms with Crippen LogP contribution in [0.3, 0.4) is 0 Å². The van der Waals surface area contributed by atoms with Gasteiger partial charge in [0, 0.05) is 18.0 Å². The molecule has 0 saturated carbocycles. The molecule has 35 heavy (non-hydrogen) atoms. The summed E-state index contributed by atoms with van der Waals surface area (Å²) in [7, 11) is 1.54. The van der Waals surface area contributed by atoms with Crippen molar-refractivity contribution < 1.29 is 19.2 Å². The van der Waals surface area contributed by atoms with Gasteiger partial charge >= 0.3 is 5.97 Å². The van der Waals surface area contributed by atoms with Crippen molar-refractivity contribution in [2.45, 2.75) is 39.7 Å². The Balaban J connectivity index is 1.64. The number of anilines is 2. The van der Waals surface area contributed by atoms with E-state index in [4.69, 9.17) is 4.74 Å². The lowest BCUT2D eigenvalue weighted by Gasteiger charge is -2.18. The lowest BCUT2D eigenvalue weighted by Crippen LogP contribution is -2.28. The van der Waals surface area contributed by atoms with Gasteiger partial charge in [0.05, 0.1) is 34.3 Å². The molecule has 1 aromatic carbocycles. The standard InChI is InChI=1S/C23H25N5O6S/c1-4-34-23(31)20-13-6-5-12(2)7-18(13)35-21(20)26-19(29)10-27-11-25-15-9-16(24-3)17(28(32)33)8-14(15)22(27)30/h8-9,11-12,24H,4-7,10H2,1-3H3,(H,26,29)/t12-/m0/s1. The van der Waals surface area contributed by atoms with Crippen LogP contribution in [-0.2, 0) is 28.9 Å². The molecule has 12 heteroatoms. The molecule has 1 atom stereocenters. The number of fused-ring (bicyclic) bond motifs is 2. The second-order valence-corrected chi connectivity index (χ2v) is 9.50. The van der Waals surface area contributed by atoms with E-state index in [-0.39, 0.29) is 35.4 Å². The van der Waals surface area contributed by atoms with Crippen LogP contribution in [0.15, 0.2) is 23.3 Å². The molecule has 11 nitrogen and oxygen atoms in total. The molecule has 0 aliphatic heterocycles. The molecule has 0 spiro atoms. The van der Waals surface area contributed by atoms with E-state index in [0.29, 0.717) is 16.5 Å². The first-order valence-electron chi connectivity index (χ1n) is 11.2. The molecule has 2 N–H and O–H groups in total. The van der Waals surface area contributed by atoms with Crippen molar-refractivity contribution in [1.82, 2.24) is 9.55 Å². The van der Waals surface area contributed by atoms with Gasteiger partial charge < -0.3 is 15.4 Å². The summed E-state index contributed by atoms with van der Waals surface area (Å²) in [5.74, 6) is -0.520. The van der Waals surface area contributed by atoms with Crippen LogP contribution in [0.1, 0.15) is 41.1 Å². The molecule has 0 saturated heterocycles. The summed E-state index contributed by atoms with van der Waals surface area (Å²) in [6.45, 7) is 3.71. The fraction of sp³-hybridized carbons (Fsp3) is 0.391. The minimum atomic E-state index is -0.592. The predicted molar refractivity (Wildman–Crippen MR) is 132 cm³/mol. The van der Waals surface area contributed by atoms with Crippen molar-refractivity contribution in [2.24, 2.45) is 5.92 Å². The highest BCUT2D eigenvalue weighted by molar-refractivity contribution is 7.17. The lowest BCUT2D eigenvalue weighted by molar-refractivity contribution is -0.383. The topological polar surface area (TPSA) is 145 Å². The predicted octanol–water partition coefficient (Wildman–Crippen LogP) is 3.35. The number of amides is 1. The molecule has 0 bridgehead atoms. The van der Waals surface area contributed by atoms with Crippen LogP contribution in [0.5, 0.6) is 0 Å². The van der Waals surface area contributed by atoms with Crippen LogP contribution < -0.4 is 16.2 Å². The number of thiophene rings is 1. The van der Waals surface area contributed by atoms with Crippen molar-refractivity contribution in [1.29, 1.82) is 0 Å². The van der Waals surface area contributed by atoms with Gasteiger partial charge in [0.1, 0.15) is 17.2 Å². The smallest absolute Gasteiger partial charge is 0.341 e. The number of hydrogen-bond acceptors (Lipinski definition) is 9. The molecule has 4 rings (SSSR count). The van der Waals surface area contributed by atoms with Gasteiger partial charge in [0.25, 0.3) is 11.2 Å². The first kappa shape index (κ1) is 24.3. The molecule has 2 aromatic heterocycles. The van der Waals surface area contributed by atoms with Gasteiger partial charge in [-0.1, -0.05) is 6.92 Å². The number of esters is 1. The van der Waals surface area contributed by atoms with Crippen molar-refractivity contribution in [3.05, 3.63) is 54.9 Å². The maximum absolute atomic E-state index is 13.0. The molecule has 184 valence electrons. The van der Waals surface area contributed by atoms with Gasteiger partial charge in [-0.2, -0.15) is 0 Å². The summed E-state index contributed by atoms with van der Waals surface area (Å²) in [6.07, 6.45) is 3.73. The molecule has 2 heterocycles. The van der Waals surface area contributed by atoms with Crippen LogP contribution in [0.2, 0.25) is 0 Å². The van der Waals surface area contributed by atoms with Crippen LogP contribution in [-0.4, -0.2) is 40.0 Å². The minimum Gasteiger partial charge on any atom is -0.462 e. The van der Waals surface area contributed by atoms with Crippen LogP contribution >= 0.6 is 11.3 Å². The van der Waals surface area contributed by atoms with Gasteiger partial charge in [0.2, 0.25) is 5.91 Å². The molecule has 1 aliphatic carbocycles. The van der Waals surface area contributed by atoms with Crippen molar-refractivity contribution in [2.75, 3.05) is 24.3 Å². The Bertz CT molecular complexity index is 1400. The summed E-state index contributed by atoms with van der Waals surface area (Å²) >= 11 is 1.36. The molecule has 1 aliphatic rings. The zero-order valence-corrected chi connectivity index (χ0v) is 20.4. The average Bonchev–Trinajstić information content (AvgIpc) is 3.16. The van der Waals surface area contributed by atoms with Gasteiger partial charge in [-0.3, -0.25) is 24.3 Å². The number of hydrogen-bond donors (Lipinski definition) is 2. The lowest BCUT2D eigenvalue weighted by atomic mass is 9.88. The first-order chi connectivity index (χ1) is 16.7. The van der Waals surface area contributed by atoms with Crippen LogP contribution in [0.25, 0.3) is 10.9 Å². The first-order valence-corrected chi connectivity index (χ1v) is 12.0. The highest BCUT2D eigenvalue weighted by atomic mass is 32.1. The monoisotopic (exact) mass is 499 g/mol. The number of carbonyl (C=O) groups is 2. The van der Waals surface area contributed by atoms with E-state index in [0.717, 1.165) is 40.3 Å². The van der Waals surface area contributed by atoms with Crippen LogP contribution in [0.4, 0.5) is 16.4 Å². The van der Waals surface area contributed by atoms with Gasteiger partial charge in [-0.05, 0) is 43.7 Å². The van der Waals surface area contributed by atoms with E-state index in [9.17, 15) is 24.5 Å². The Morgan fingerprint density at radius 3 is 2.83 bits per heavy atom. The fourth-order valence-electron chi connectivity index (χ4n) is 4.24. The van der Waals surface area contributed by atoms with Crippen molar-refractivity contribution >= 4 is 50.5 Å². The Kier molecular flexibility index (Phi) is 6.83. The number of nitro benzene ring substituents is 1. The fourth-order valence-corrected chi connectivity index (χ4v) is 5.65. The maximum Gasteiger partial charge on any atom is 0.341 e. The number of benzene rings is 1. The second kappa shape index (κ2) is 9.82. The Morgan fingerprint density at radius 2 is 2.14 bits per heavy atom. The highest BCUT2D eigenvalue weighted by Gasteiger charge is 2.29. The quantitative estimate of drug-likeness (QED) is 0.286. The van der Waals surface area contributed by atoms with Gasteiger partial charge in [-0.15, -0.1) is 11.3 Å². The van der Waals surface area contributed by atoms with Gasteiger partial charge in [0.15, 0.2) is 0 Å². The molecule has 1 amide bonds. The largest absolute Gasteiger partial charge is 0.462 e. The number of nitrogens with one attached hydrogen (secondary N) is 2. The summed E-state index contributed by atoms with van der Waals surface area (Å²) < 4.78 is 6.31. The molecule has 0 unspecified atom stereocenters. The van der Waals surface area contributed by atoms with E-state index < -0.39 is 22.4 Å². The number of rotatable bonds is 7. The van der Waals surface area contributed by atoms with Crippen molar-refractivity contribution in [3.8, 4) is 0 Å². The third kappa shape index (κ3) is 4.74. The number of ether oxygens (including phenoxy) is 1. The second-order valence-electron chi connectivity index (χ2n) is 8.40.